The molecule has 0 aliphatic rings. The second kappa shape index (κ2) is 5.56. The lowest BCUT2D eigenvalue weighted by Crippen LogP contribution is -2.24. The van der Waals surface area contributed by atoms with Gasteiger partial charge in [-0.3, -0.25) is 0 Å². The number of halogens is 2. The molecular formula is C13H11F2NO3S. The van der Waals surface area contributed by atoms with E-state index in [0.717, 1.165) is 12.1 Å². The van der Waals surface area contributed by atoms with Crippen molar-refractivity contribution in [2.45, 2.75) is 11.4 Å². The van der Waals surface area contributed by atoms with Crippen molar-refractivity contribution in [2.24, 2.45) is 0 Å². The fourth-order valence-electron chi connectivity index (χ4n) is 1.56. The Morgan fingerprint density at radius 2 is 1.70 bits per heavy atom. The van der Waals surface area contributed by atoms with Crippen molar-refractivity contribution in [1.29, 1.82) is 0 Å². The minimum absolute atomic E-state index is 0.0567. The molecule has 0 saturated heterocycles. The Hall–Kier alpha value is -1.99. The van der Waals surface area contributed by atoms with E-state index in [1.807, 2.05) is 0 Å². The molecule has 0 bridgehead atoms. The number of hydrogen-bond donors (Lipinski definition) is 2. The van der Waals surface area contributed by atoms with Crippen LogP contribution in [0.5, 0.6) is 5.75 Å². The summed E-state index contributed by atoms with van der Waals surface area (Å²) in [7, 11) is -4.07. The molecular weight excluding hydrogens is 288 g/mol. The molecule has 0 aromatic heterocycles. The van der Waals surface area contributed by atoms with Gasteiger partial charge in [-0.1, -0.05) is 12.1 Å². The zero-order valence-electron chi connectivity index (χ0n) is 10.2. The number of sulfonamides is 1. The Labute approximate surface area is 114 Å². The fourth-order valence-corrected chi connectivity index (χ4v) is 2.64. The molecule has 2 N–H and O–H groups in total. The normalized spacial score (nSPS) is 11.5. The van der Waals surface area contributed by atoms with Gasteiger partial charge in [-0.05, 0) is 29.8 Å². The quantitative estimate of drug-likeness (QED) is 0.909. The van der Waals surface area contributed by atoms with Crippen LogP contribution in [0.1, 0.15) is 5.56 Å². The van der Waals surface area contributed by atoms with Crippen molar-refractivity contribution in [2.75, 3.05) is 0 Å². The summed E-state index contributed by atoms with van der Waals surface area (Å²) in [6.45, 7) is -0.0700. The molecule has 0 fully saturated rings. The Bertz CT molecular complexity index is 715. The molecule has 4 nitrogen and oxygen atoms in total. The standard InChI is InChI=1S/C13H11F2NO3S/c14-10-3-6-13(12(15)7-10)20(18,19)16-8-9-1-4-11(17)5-2-9/h1-7,16-17H,8H2. The van der Waals surface area contributed by atoms with Crippen LogP contribution in [0.2, 0.25) is 0 Å². The first-order chi connectivity index (χ1) is 9.38. The Balaban J connectivity index is 2.17. The van der Waals surface area contributed by atoms with Crippen LogP contribution in [-0.4, -0.2) is 13.5 Å². The molecule has 106 valence electrons. The third kappa shape index (κ3) is 3.31. The highest BCUT2D eigenvalue weighted by Crippen LogP contribution is 2.16. The van der Waals surface area contributed by atoms with E-state index in [0.29, 0.717) is 11.6 Å². The lowest BCUT2D eigenvalue weighted by molar-refractivity contribution is 0.475. The third-order valence-electron chi connectivity index (χ3n) is 2.59. The molecule has 2 aromatic carbocycles. The third-order valence-corrected chi connectivity index (χ3v) is 4.02. The minimum atomic E-state index is -4.07. The number of phenolic OH excluding ortho intramolecular Hbond substituents is 1. The van der Waals surface area contributed by atoms with E-state index < -0.39 is 26.6 Å². The Morgan fingerprint density at radius 3 is 2.30 bits per heavy atom. The lowest BCUT2D eigenvalue weighted by Gasteiger charge is -2.08. The van der Waals surface area contributed by atoms with Crippen molar-refractivity contribution in [3.63, 3.8) is 0 Å². The van der Waals surface area contributed by atoms with Gasteiger partial charge in [0.2, 0.25) is 10.0 Å². The van der Waals surface area contributed by atoms with Gasteiger partial charge in [-0.2, -0.15) is 0 Å². The van der Waals surface area contributed by atoms with Gasteiger partial charge in [0.25, 0.3) is 0 Å². The van der Waals surface area contributed by atoms with Crippen molar-refractivity contribution in [3.05, 3.63) is 59.7 Å². The average molecular weight is 299 g/mol. The number of rotatable bonds is 4. The van der Waals surface area contributed by atoms with E-state index in [1.54, 1.807) is 0 Å². The highest BCUT2D eigenvalue weighted by Gasteiger charge is 2.19. The number of nitrogens with one attached hydrogen (secondary N) is 1. The topological polar surface area (TPSA) is 66.4 Å². The van der Waals surface area contributed by atoms with Crippen LogP contribution in [0.15, 0.2) is 47.4 Å². The van der Waals surface area contributed by atoms with Gasteiger partial charge in [0.1, 0.15) is 22.3 Å². The van der Waals surface area contributed by atoms with Crippen molar-refractivity contribution in [3.8, 4) is 5.75 Å². The molecule has 0 radical (unpaired) electrons. The van der Waals surface area contributed by atoms with E-state index in [1.165, 1.54) is 24.3 Å². The number of benzene rings is 2. The first-order valence-electron chi connectivity index (χ1n) is 5.61. The second-order valence-corrected chi connectivity index (χ2v) is 5.80. The van der Waals surface area contributed by atoms with Gasteiger partial charge < -0.3 is 5.11 Å². The first-order valence-corrected chi connectivity index (χ1v) is 7.09. The first kappa shape index (κ1) is 14.4. The van der Waals surface area contributed by atoms with Gasteiger partial charge in [0.05, 0.1) is 0 Å². The SMILES string of the molecule is O=S(=O)(NCc1ccc(O)cc1)c1ccc(F)cc1F. The maximum absolute atomic E-state index is 13.4. The van der Waals surface area contributed by atoms with Crippen molar-refractivity contribution >= 4 is 10.0 Å². The fraction of sp³-hybridized carbons (Fsp3) is 0.0769. The zero-order chi connectivity index (χ0) is 14.8. The van der Waals surface area contributed by atoms with Crippen LogP contribution in [0.25, 0.3) is 0 Å². The molecule has 0 aliphatic carbocycles. The van der Waals surface area contributed by atoms with Crippen LogP contribution < -0.4 is 4.72 Å². The zero-order valence-corrected chi connectivity index (χ0v) is 11.0. The number of aromatic hydroxyl groups is 1. The van der Waals surface area contributed by atoms with Crippen LogP contribution in [0, 0.1) is 11.6 Å². The van der Waals surface area contributed by atoms with E-state index in [4.69, 9.17) is 5.11 Å². The number of hydrogen-bond acceptors (Lipinski definition) is 3. The summed E-state index contributed by atoms with van der Waals surface area (Å²) in [6, 6.07) is 8.11. The molecule has 2 rings (SSSR count). The summed E-state index contributed by atoms with van der Waals surface area (Å²) in [5, 5.41) is 9.10. The van der Waals surface area contributed by atoms with E-state index >= 15 is 0 Å². The van der Waals surface area contributed by atoms with Crippen LogP contribution in [-0.2, 0) is 16.6 Å². The molecule has 20 heavy (non-hydrogen) atoms. The van der Waals surface area contributed by atoms with Gasteiger partial charge in [0, 0.05) is 12.6 Å². The van der Waals surface area contributed by atoms with Crippen LogP contribution >= 0.6 is 0 Å². The predicted octanol–water partition coefficient (Wildman–Crippen LogP) is 2.15. The summed E-state index contributed by atoms with van der Waals surface area (Å²) in [4.78, 5) is -0.613. The smallest absolute Gasteiger partial charge is 0.243 e. The maximum Gasteiger partial charge on any atom is 0.243 e. The molecule has 0 spiro atoms. The van der Waals surface area contributed by atoms with Gasteiger partial charge in [-0.25, -0.2) is 21.9 Å². The Kier molecular flexibility index (Phi) is 4.01. The lowest BCUT2D eigenvalue weighted by atomic mass is 10.2. The largest absolute Gasteiger partial charge is 0.508 e. The summed E-state index contributed by atoms with van der Waals surface area (Å²) < 4.78 is 52.1. The van der Waals surface area contributed by atoms with E-state index in [2.05, 4.69) is 4.72 Å². The van der Waals surface area contributed by atoms with E-state index in [9.17, 15) is 17.2 Å². The number of phenols is 1. The van der Waals surface area contributed by atoms with Gasteiger partial charge in [0.15, 0.2) is 0 Å². The predicted molar refractivity (Wildman–Crippen MR) is 68.5 cm³/mol. The van der Waals surface area contributed by atoms with Gasteiger partial charge >= 0.3 is 0 Å². The summed E-state index contributed by atoms with van der Waals surface area (Å²) in [5.74, 6) is -1.94. The summed E-state index contributed by atoms with van der Waals surface area (Å²) in [6.07, 6.45) is 0. The van der Waals surface area contributed by atoms with Gasteiger partial charge in [-0.15, -0.1) is 0 Å². The Morgan fingerprint density at radius 1 is 1.05 bits per heavy atom. The molecule has 0 unspecified atom stereocenters. The molecule has 2 aromatic rings. The van der Waals surface area contributed by atoms with Crippen LogP contribution in [0.3, 0.4) is 0 Å². The van der Waals surface area contributed by atoms with Crippen LogP contribution in [0.4, 0.5) is 8.78 Å². The summed E-state index contributed by atoms with van der Waals surface area (Å²) >= 11 is 0. The highest BCUT2D eigenvalue weighted by molar-refractivity contribution is 7.89. The summed E-state index contributed by atoms with van der Waals surface area (Å²) in [5.41, 5.74) is 0.592. The molecule has 0 atom stereocenters. The average Bonchev–Trinajstić information content (AvgIpc) is 2.37. The molecule has 0 saturated carbocycles. The molecule has 0 aliphatic heterocycles. The highest BCUT2D eigenvalue weighted by atomic mass is 32.2. The van der Waals surface area contributed by atoms with Crippen molar-refractivity contribution in [1.82, 2.24) is 4.72 Å². The molecule has 7 heteroatoms. The monoisotopic (exact) mass is 299 g/mol. The second-order valence-electron chi connectivity index (χ2n) is 4.07. The van der Waals surface area contributed by atoms with E-state index in [-0.39, 0.29) is 12.3 Å². The molecule has 0 amide bonds. The van der Waals surface area contributed by atoms with Crippen molar-refractivity contribution < 1.29 is 22.3 Å². The molecule has 0 heterocycles. The minimum Gasteiger partial charge on any atom is -0.508 e. The maximum atomic E-state index is 13.4.